The Balaban J connectivity index is 2.37. The van der Waals surface area contributed by atoms with Crippen LogP contribution in [0.2, 0.25) is 0 Å². The molecule has 0 saturated heterocycles. The number of rotatable bonds is 4. The molecule has 5 heteroatoms. The van der Waals surface area contributed by atoms with E-state index in [0.29, 0.717) is 18.2 Å². The van der Waals surface area contributed by atoms with Crippen molar-refractivity contribution in [3.63, 3.8) is 0 Å². The highest BCUT2D eigenvalue weighted by Gasteiger charge is 2.09. The quantitative estimate of drug-likeness (QED) is 0.898. The predicted octanol–water partition coefficient (Wildman–Crippen LogP) is 2.26. The Labute approximate surface area is 107 Å². The number of anilines is 1. The number of aryl methyl sites for hydroxylation is 1. The Morgan fingerprint density at radius 3 is 2.72 bits per heavy atom. The van der Waals surface area contributed by atoms with Crippen LogP contribution >= 0.6 is 0 Å². The van der Waals surface area contributed by atoms with Gasteiger partial charge in [-0.15, -0.1) is 0 Å². The van der Waals surface area contributed by atoms with E-state index >= 15 is 0 Å². The lowest BCUT2D eigenvalue weighted by atomic mass is 10.3. The zero-order chi connectivity index (χ0) is 13.1. The molecule has 0 aliphatic carbocycles. The number of ether oxygens (including phenoxy) is 1. The molecule has 0 aliphatic rings. The van der Waals surface area contributed by atoms with Crippen molar-refractivity contribution >= 4 is 5.69 Å². The highest BCUT2D eigenvalue weighted by molar-refractivity contribution is 5.51. The Kier molecular flexibility index (Phi) is 3.50. The van der Waals surface area contributed by atoms with Crippen molar-refractivity contribution < 1.29 is 4.74 Å². The first-order valence-corrected chi connectivity index (χ1v) is 6.03. The van der Waals surface area contributed by atoms with Gasteiger partial charge < -0.3 is 10.5 Å². The van der Waals surface area contributed by atoms with Gasteiger partial charge in [-0.2, -0.15) is 4.98 Å². The summed E-state index contributed by atoms with van der Waals surface area (Å²) in [6, 6.07) is 3.67. The Hall–Kier alpha value is -2.04. The summed E-state index contributed by atoms with van der Waals surface area (Å²) >= 11 is 0. The average Bonchev–Trinajstić information content (AvgIpc) is 2.69. The molecule has 18 heavy (non-hydrogen) atoms. The molecular formula is C13H18N4O. The number of imidazole rings is 1. The van der Waals surface area contributed by atoms with Crippen LogP contribution in [0, 0.1) is 13.8 Å². The second kappa shape index (κ2) is 5.08. The fourth-order valence-corrected chi connectivity index (χ4v) is 1.62. The molecule has 2 rings (SSSR count). The predicted molar refractivity (Wildman–Crippen MR) is 71.0 cm³/mol. The molecule has 2 N–H and O–H groups in total. The van der Waals surface area contributed by atoms with Gasteiger partial charge >= 0.3 is 0 Å². The Bertz CT molecular complexity index is 548. The van der Waals surface area contributed by atoms with Gasteiger partial charge in [0.15, 0.2) is 0 Å². The van der Waals surface area contributed by atoms with Gasteiger partial charge in [-0.05, 0) is 32.4 Å². The summed E-state index contributed by atoms with van der Waals surface area (Å²) < 4.78 is 7.45. The summed E-state index contributed by atoms with van der Waals surface area (Å²) in [6.07, 6.45) is 2.68. The highest BCUT2D eigenvalue weighted by atomic mass is 16.5. The van der Waals surface area contributed by atoms with Crippen molar-refractivity contribution in [3.05, 3.63) is 29.8 Å². The zero-order valence-electron chi connectivity index (χ0n) is 11.0. The minimum atomic E-state index is 0.486. The topological polar surface area (TPSA) is 66.0 Å². The van der Waals surface area contributed by atoms with Crippen LogP contribution in [0.5, 0.6) is 5.88 Å². The molecule has 5 nitrogen and oxygen atoms in total. The monoisotopic (exact) mass is 246 g/mol. The standard InChI is InChI=1S/C13H18N4O/c1-4-7-18-13-11(14)5-6-12(16-13)17-8-15-9(2)10(17)3/h5-6,8H,4,7,14H2,1-3H3. The number of aromatic nitrogens is 3. The van der Waals surface area contributed by atoms with Crippen LogP contribution in [-0.2, 0) is 0 Å². The number of nitrogens with zero attached hydrogens (tertiary/aromatic N) is 3. The van der Waals surface area contributed by atoms with Crippen LogP contribution in [0.25, 0.3) is 5.82 Å². The van der Waals surface area contributed by atoms with Crippen LogP contribution in [0.15, 0.2) is 18.5 Å². The van der Waals surface area contributed by atoms with Crippen molar-refractivity contribution in [3.8, 4) is 11.7 Å². The maximum absolute atomic E-state index is 5.84. The fraction of sp³-hybridized carbons (Fsp3) is 0.385. The number of hydrogen-bond acceptors (Lipinski definition) is 4. The summed E-state index contributed by atoms with van der Waals surface area (Å²) in [5, 5.41) is 0. The van der Waals surface area contributed by atoms with Gasteiger partial charge in [0.25, 0.3) is 0 Å². The largest absolute Gasteiger partial charge is 0.476 e. The van der Waals surface area contributed by atoms with Gasteiger partial charge in [0.2, 0.25) is 5.88 Å². The van der Waals surface area contributed by atoms with Gasteiger partial charge in [-0.3, -0.25) is 4.57 Å². The van der Waals surface area contributed by atoms with E-state index < -0.39 is 0 Å². The number of nitrogens with two attached hydrogens (primary N) is 1. The average molecular weight is 246 g/mol. The molecule has 0 bridgehead atoms. The summed E-state index contributed by atoms with van der Waals surface area (Å²) in [5.41, 5.74) is 8.45. The normalized spacial score (nSPS) is 10.6. The smallest absolute Gasteiger partial charge is 0.239 e. The molecule has 2 heterocycles. The van der Waals surface area contributed by atoms with E-state index in [2.05, 4.69) is 9.97 Å². The summed E-state index contributed by atoms with van der Waals surface area (Å²) in [7, 11) is 0. The van der Waals surface area contributed by atoms with Crippen molar-refractivity contribution in [2.45, 2.75) is 27.2 Å². The van der Waals surface area contributed by atoms with E-state index in [4.69, 9.17) is 10.5 Å². The molecule has 0 radical (unpaired) electrons. The lowest BCUT2D eigenvalue weighted by molar-refractivity contribution is 0.307. The molecule has 0 fully saturated rings. The van der Waals surface area contributed by atoms with Crippen molar-refractivity contribution in [2.75, 3.05) is 12.3 Å². The summed E-state index contributed by atoms with van der Waals surface area (Å²) in [4.78, 5) is 8.69. The zero-order valence-corrected chi connectivity index (χ0v) is 11.0. The molecule has 0 aromatic carbocycles. The van der Waals surface area contributed by atoms with Crippen LogP contribution in [-0.4, -0.2) is 21.1 Å². The van der Waals surface area contributed by atoms with Gasteiger partial charge in [-0.25, -0.2) is 4.98 Å². The maximum Gasteiger partial charge on any atom is 0.239 e. The fourth-order valence-electron chi connectivity index (χ4n) is 1.62. The van der Waals surface area contributed by atoms with Crippen molar-refractivity contribution in [1.82, 2.24) is 14.5 Å². The first-order valence-electron chi connectivity index (χ1n) is 6.03. The molecule has 0 unspecified atom stereocenters. The van der Waals surface area contributed by atoms with E-state index in [1.807, 2.05) is 37.5 Å². The molecule has 2 aromatic heterocycles. The lowest BCUT2D eigenvalue weighted by Crippen LogP contribution is -2.05. The first kappa shape index (κ1) is 12.4. The molecule has 0 spiro atoms. The molecule has 2 aromatic rings. The molecule has 0 amide bonds. The molecular weight excluding hydrogens is 228 g/mol. The van der Waals surface area contributed by atoms with Crippen LogP contribution in [0.1, 0.15) is 24.7 Å². The summed E-state index contributed by atoms with van der Waals surface area (Å²) in [6.45, 7) is 6.64. The first-order chi connectivity index (χ1) is 8.63. The second-order valence-electron chi connectivity index (χ2n) is 4.20. The van der Waals surface area contributed by atoms with Gasteiger partial charge in [-0.1, -0.05) is 6.92 Å². The van der Waals surface area contributed by atoms with Gasteiger partial charge in [0.1, 0.15) is 12.1 Å². The maximum atomic E-state index is 5.84. The van der Waals surface area contributed by atoms with Crippen LogP contribution in [0.4, 0.5) is 5.69 Å². The third-order valence-corrected chi connectivity index (χ3v) is 2.82. The number of pyridine rings is 1. The second-order valence-corrected chi connectivity index (χ2v) is 4.20. The van der Waals surface area contributed by atoms with E-state index in [1.165, 1.54) is 0 Å². The molecule has 0 aliphatic heterocycles. The Morgan fingerprint density at radius 2 is 2.11 bits per heavy atom. The van der Waals surface area contributed by atoms with E-state index in [9.17, 15) is 0 Å². The number of nitrogen functional groups attached to an aromatic ring is 1. The van der Waals surface area contributed by atoms with E-state index in [1.54, 1.807) is 6.33 Å². The Morgan fingerprint density at radius 1 is 1.33 bits per heavy atom. The van der Waals surface area contributed by atoms with E-state index in [0.717, 1.165) is 23.6 Å². The van der Waals surface area contributed by atoms with Crippen LogP contribution < -0.4 is 10.5 Å². The van der Waals surface area contributed by atoms with Crippen molar-refractivity contribution in [1.29, 1.82) is 0 Å². The van der Waals surface area contributed by atoms with Crippen LogP contribution in [0.3, 0.4) is 0 Å². The minimum absolute atomic E-state index is 0.486. The molecule has 0 saturated carbocycles. The van der Waals surface area contributed by atoms with E-state index in [-0.39, 0.29) is 0 Å². The molecule has 0 atom stereocenters. The summed E-state index contributed by atoms with van der Waals surface area (Å²) in [5.74, 6) is 1.26. The third kappa shape index (κ3) is 2.30. The highest BCUT2D eigenvalue weighted by Crippen LogP contribution is 2.21. The molecule has 96 valence electrons. The van der Waals surface area contributed by atoms with Gasteiger partial charge in [0.05, 0.1) is 18.0 Å². The third-order valence-electron chi connectivity index (χ3n) is 2.82. The van der Waals surface area contributed by atoms with Gasteiger partial charge in [0, 0.05) is 5.69 Å². The van der Waals surface area contributed by atoms with Crippen molar-refractivity contribution in [2.24, 2.45) is 0 Å². The lowest BCUT2D eigenvalue weighted by Gasteiger charge is -2.10. The SMILES string of the molecule is CCCOc1nc(-n2cnc(C)c2C)ccc1N. The minimum Gasteiger partial charge on any atom is -0.476 e. The number of hydrogen-bond donors (Lipinski definition) is 1.